The molecule has 1 aliphatic rings. The molecule has 35 heavy (non-hydrogen) atoms. The summed E-state index contributed by atoms with van der Waals surface area (Å²) in [4.78, 5) is 6.27. The number of halogens is 4. The number of hydrogen-bond donors (Lipinski definition) is 2. The number of alkyl halides is 3. The Balaban J connectivity index is 1.50. The molecule has 11 heteroatoms. The summed E-state index contributed by atoms with van der Waals surface area (Å²) in [6.07, 6.45) is -2.67. The number of nitrogens with two attached hydrogens (primary N) is 1. The van der Waals surface area contributed by atoms with Crippen LogP contribution in [0, 0.1) is 0 Å². The van der Waals surface area contributed by atoms with E-state index in [2.05, 4.69) is 20.1 Å². The van der Waals surface area contributed by atoms with Crippen LogP contribution in [0.2, 0.25) is 5.02 Å². The smallest absolute Gasteiger partial charge is 0.417 e. The van der Waals surface area contributed by atoms with Crippen molar-refractivity contribution in [3.05, 3.63) is 58.4 Å². The average molecular weight is 510 g/mol. The molecule has 0 radical (unpaired) electrons. The molecule has 0 aliphatic carbocycles. The van der Waals surface area contributed by atoms with Gasteiger partial charge >= 0.3 is 6.18 Å². The van der Waals surface area contributed by atoms with Crippen molar-refractivity contribution in [3.8, 4) is 16.9 Å². The standard InChI is InChI=1S/C24H27ClF3N5O2/c1-34-11-10-33-8-6-18(7-9-33)35-17-4-2-16(3-5-17)22-19(24(26,27)28)12-15(13-20(22)25)14-21-30-23(29)32-31-21/h2-5,12-13,18H,6-11,14H2,1H3,(H3,29,30,31,32). The predicted molar refractivity (Wildman–Crippen MR) is 127 cm³/mol. The highest BCUT2D eigenvalue weighted by molar-refractivity contribution is 6.33. The number of piperidine rings is 1. The third-order valence-electron chi connectivity index (χ3n) is 5.97. The molecule has 3 aromatic rings. The van der Waals surface area contributed by atoms with Gasteiger partial charge in [0.15, 0.2) is 0 Å². The molecule has 0 saturated carbocycles. The quantitative estimate of drug-likeness (QED) is 0.453. The van der Waals surface area contributed by atoms with Gasteiger partial charge < -0.3 is 20.1 Å². The Bertz CT molecular complexity index is 1130. The number of ether oxygens (including phenoxy) is 2. The monoisotopic (exact) mass is 509 g/mol. The average Bonchev–Trinajstić information content (AvgIpc) is 3.23. The number of anilines is 1. The lowest BCUT2D eigenvalue weighted by Gasteiger charge is -2.31. The van der Waals surface area contributed by atoms with E-state index in [0.717, 1.165) is 38.5 Å². The zero-order valence-corrected chi connectivity index (χ0v) is 20.0. The molecule has 0 unspecified atom stereocenters. The summed E-state index contributed by atoms with van der Waals surface area (Å²) < 4.78 is 53.1. The number of hydrogen-bond acceptors (Lipinski definition) is 6. The molecule has 1 aromatic heterocycles. The number of benzene rings is 2. The zero-order chi connectivity index (χ0) is 25.0. The Kier molecular flexibility index (Phi) is 7.83. The lowest BCUT2D eigenvalue weighted by molar-refractivity contribution is -0.137. The molecular weight excluding hydrogens is 483 g/mol. The van der Waals surface area contributed by atoms with E-state index in [0.29, 0.717) is 29.3 Å². The maximum absolute atomic E-state index is 14.0. The zero-order valence-electron chi connectivity index (χ0n) is 19.2. The molecule has 2 heterocycles. The third-order valence-corrected chi connectivity index (χ3v) is 6.27. The van der Waals surface area contributed by atoms with E-state index in [1.54, 1.807) is 31.4 Å². The number of rotatable bonds is 8. The Morgan fingerprint density at radius 2 is 1.89 bits per heavy atom. The van der Waals surface area contributed by atoms with Crippen LogP contribution in [0.1, 0.15) is 29.8 Å². The fraction of sp³-hybridized carbons (Fsp3) is 0.417. The van der Waals surface area contributed by atoms with E-state index >= 15 is 0 Å². The molecule has 3 N–H and O–H groups in total. The largest absolute Gasteiger partial charge is 0.490 e. The highest BCUT2D eigenvalue weighted by Crippen LogP contribution is 2.42. The number of aromatic amines is 1. The van der Waals surface area contributed by atoms with Crippen molar-refractivity contribution in [2.45, 2.75) is 31.5 Å². The van der Waals surface area contributed by atoms with Crippen LogP contribution in [0.5, 0.6) is 5.75 Å². The first-order valence-electron chi connectivity index (χ1n) is 11.3. The molecule has 7 nitrogen and oxygen atoms in total. The van der Waals surface area contributed by atoms with Gasteiger partial charge in [-0.2, -0.15) is 18.2 Å². The van der Waals surface area contributed by atoms with Crippen molar-refractivity contribution in [3.63, 3.8) is 0 Å². The number of H-pyrrole nitrogens is 1. The van der Waals surface area contributed by atoms with Crippen LogP contribution in [0.25, 0.3) is 11.1 Å². The van der Waals surface area contributed by atoms with Crippen molar-refractivity contribution >= 4 is 17.5 Å². The Morgan fingerprint density at radius 1 is 1.17 bits per heavy atom. The third kappa shape index (κ3) is 6.45. The molecule has 1 saturated heterocycles. The number of likely N-dealkylation sites (tertiary alicyclic amines) is 1. The van der Waals surface area contributed by atoms with E-state index in [4.69, 9.17) is 26.8 Å². The summed E-state index contributed by atoms with van der Waals surface area (Å²) in [6.45, 7) is 3.43. The molecule has 0 atom stereocenters. The summed E-state index contributed by atoms with van der Waals surface area (Å²) in [6, 6.07) is 9.18. The molecule has 1 fully saturated rings. The SMILES string of the molecule is COCCN1CCC(Oc2ccc(-c3c(Cl)cc(Cc4nc(N)n[nH]4)cc3C(F)(F)F)cc2)CC1. The van der Waals surface area contributed by atoms with Gasteiger partial charge in [0.1, 0.15) is 17.7 Å². The van der Waals surface area contributed by atoms with Gasteiger partial charge in [0, 0.05) is 43.8 Å². The van der Waals surface area contributed by atoms with Crippen LogP contribution in [-0.2, 0) is 17.3 Å². The van der Waals surface area contributed by atoms with Crippen LogP contribution in [-0.4, -0.2) is 59.5 Å². The molecule has 1 aliphatic heterocycles. The summed E-state index contributed by atoms with van der Waals surface area (Å²) in [5.74, 6) is 0.997. The predicted octanol–water partition coefficient (Wildman–Crippen LogP) is 4.81. The fourth-order valence-corrected chi connectivity index (χ4v) is 4.58. The number of nitrogens with one attached hydrogen (secondary N) is 1. The second-order valence-corrected chi connectivity index (χ2v) is 8.90. The first-order chi connectivity index (χ1) is 16.7. The Morgan fingerprint density at radius 3 is 2.49 bits per heavy atom. The highest BCUT2D eigenvalue weighted by atomic mass is 35.5. The lowest BCUT2D eigenvalue weighted by atomic mass is 9.95. The molecule has 2 aromatic carbocycles. The topological polar surface area (TPSA) is 89.3 Å². The highest BCUT2D eigenvalue weighted by Gasteiger charge is 2.35. The molecule has 0 spiro atoms. The van der Waals surface area contributed by atoms with Gasteiger partial charge in [0.05, 0.1) is 12.2 Å². The molecule has 4 rings (SSSR count). The molecular formula is C24H27ClF3N5O2. The van der Waals surface area contributed by atoms with Crippen molar-refractivity contribution in [2.24, 2.45) is 0 Å². The second-order valence-electron chi connectivity index (χ2n) is 8.49. The van der Waals surface area contributed by atoms with E-state index < -0.39 is 11.7 Å². The van der Waals surface area contributed by atoms with E-state index in [-0.39, 0.29) is 29.1 Å². The van der Waals surface area contributed by atoms with E-state index in [1.165, 1.54) is 6.07 Å². The summed E-state index contributed by atoms with van der Waals surface area (Å²) in [7, 11) is 1.69. The normalized spacial score (nSPS) is 15.5. The first-order valence-corrected chi connectivity index (χ1v) is 11.7. The maximum Gasteiger partial charge on any atom is 0.417 e. The van der Waals surface area contributed by atoms with E-state index in [1.807, 2.05) is 0 Å². The minimum atomic E-state index is -4.60. The summed E-state index contributed by atoms with van der Waals surface area (Å²) >= 11 is 6.38. The van der Waals surface area contributed by atoms with E-state index in [9.17, 15) is 13.2 Å². The van der Waals surface area contributed by atoms with Gasteiger partial charge in [-0.25, -0.2) is 0 Å². The first kappa shape index (κ1) is 25.3. The van der Waals surface area contributed by atoms with Crippen LogP contribution in [0.4, 0.5) is 19.1 Å². The summed E-state index contributed by atoms with van der Waals surface area (Å²) in [5.41, 5.74) is 5.30. The lowest BCUT2D eigenvalue weighted by Crippen LogP contribution is -2.39. The van der Waals surface area contributed by atoms with Crippen LogP contribution in [0.3, 0.4) is 0 Å². The van der Waals surface area contributed by atoms with Gasteiger partial charge in [0.2, 0.25) is 5.95 Å². The number of nitrogens with zero attached hydrogens (tertiary/aromatic N) is 3. The maximum atomic E-state index is 14.0. The van der Waals surface area contributed by atoms with Crippen molar-refractivity contribution in [1.29, 1.82) is 0 Å². The molecule has 0 amide bonds. The molecule has 188 valence electrons. The fourth-order valence-electron chi connectivity index (χ4n) is 4.23. The van der Waals surface area contributed by atoms with Gasteiger partial charge in [0.25, 0.3) is 0 Å². The van der Waals surface area contributed by atoms with Crippen LogP contribution >= 0.6 is 11.6 Å². The number of nitrogen functional groups attached to an aromatic ring is 1. The van der Waals surface area contributed by atoms with Crippen molar-refractivity contribution < 1.29 is 22.6 Å². The molecule has 0 bridgehead atoms. The van der Waals surface area contributed by atoms with Crippen LogP contribution < -0.4 is 10.5 Å². The van der Waals surface area contributed by atoms with Crippen molar-refractivity contribution in [1.82, 2.24) is 20.1 Å². The number of methoxy groups -OCH3 is 1. The van der Waals surface area contributed by atoms with Crippen LogP contribution in [0.15, 0.2) is 36.4 Å². The van der Waals surface area contributed by atoms with Gasteiger partial charge in [-0.1, -0.05) is 23.7 Å². The van der Waals surface area contributed by atoms with Gasteiger partial charge in [-0.3, -0.25) is 5.10 Å². The minimum absolute atomic E-state index is 0.000545. The Labute approximate surface area is 206 Å². The van der Waals surface area contributed by atoms with Gasteiger partial charge in [-0.05, 0) is 48.2 Å². The second kappa shape index (κ2) is 10.8. The number of aromatic nitrogens is 3. The summed E-state index contributed by atoms with van der Waals surface area (Å²) in [5, 5.41) is 6.30. The minimum Gasteiger partial charge on any atom is -0.490 e. The van der Waals surface area contributed by atoms with Gasteiger partial charge in [-0.15, -0.1) is 5.10 Å². The van der Waals surface area contributed by atoms with Crippen molar-refractivity contribution in [2.75, 3.05) is 39.1 Å². The Hall–Kier alpha value is -2.82.